The lowest BCUT2D eigenvalue weighted by molar-refractivity contribution is -0.133. The summed E-state index contributed by atoms with van der Waals surface area (Å²) in [5.41, 5.74) is 3.35. The molecule has 3 rings (SSSR count). The normalized spacial score (nSPS) is 21.3. The molecule has 1 heterocycles. The lowest BCUT2D eigenvalue weighted by atomic mass is 10.2. The second-order valence-electron chi connectivity index (χ2n) is 5.36. The number of aromatic nitrogens is 2. The Morgan fingerprint density at radius 3 is 3.00 bits per heavy atom. The van der Waals surface area contributed by atoms with Gasteiger partial charge in [0.15, 0.2) is 5.16 Å². The molecule has 20 heavy (non-hydrogen) atoms. The van der Waals surface area contributed by atoms with Crippen LogP contribution >= 0.6 is 11.8 Å². The molecular formula is C15H18N2O2S. The number of nitrogens with zero attached hydrogens (tertiary/aromatic N) is 2. The van der Waals surface area contributed by atoms with E-state index < -0.39 is 5.97 Å². The van der Waals surface area contributed by atoms with Crippen molar-refractivity contribution in [1.82, 2.24) is 9.55 Å². The standard InChI is InChI=1S/C15H18N2O2S/c1-3-10-7-12(10)17-14-9(2)5-4-6-11(14)16-15(17)20-8-13(18)19/h4-6,10,12H,3,7-8H2,1-2H3,(H,18,19). The van der Waals surface area contributed by atoms with E-state index in [9.17, 15) is 4.79 Å². The Balaban J connectivity index is 2.06. The molecule has 0 aliphatic heterocycles. The molecule has 1 aromatic heterocycles. The predicted molar refractivity (Wildman–Crippen MR) is 80.3 cm³/mol. The number of fused-ring (bicyclic) bond motifs is 1. The molecule has 1 fully saturated rings. The van der Waals surface area contributed by atoms with E-state index in [1.165, 1.54) is 35.7 Å². The summed E-state index contributed by atoms with van der Waals surface area (Å²) in [5, 5.41) is 9.73. The summed E-state index contributed by atoms with van der Waals surface area (Å²) in [6.07, 6.45) is 2.34. The first-order valence-corrected chi connectivity index (χ1v) is 7.92. The van der Waals surface area contributed by atoms with Crippen molar-refractivity contribution >= 4 is 28.8 Å². The van der Waals surface area contributed by atoms with Gasteiger partial charge in [-0.3, -0.25) is 4.79 Å². The SMILES string of the molecule is CCC1CC1n1c(SCC(=O)O)nc2cccc(C)c21. The first-order valence-electron chi connectivity index (χ1n) is 6.94. The van der Waals surface area contributed by atoms with E-state index in [-0.39, 0.29) is 5.75 Å². The summed E-state index contributed by atoms with van der Waals surface area (Å²) >= 11 is 1.32. The summed E-state index contributed by atoms with van der Waals surface area (Å²) in [5.74, 6) is -0.0318. The van der Waals surface area contributed by atoms with E-state index in [2.05, 4.69) is 29.5 Å². The van der Waals surface area contributed by atoms with Crippen LogP contribution in [0.3, 0.4) is 0 Å². The molecule has 106 valence electrons. The van der Waals surface area contributed by atoms with Crippen molar-refractivity contribution < 1.29 is 9.90 Å². The fourth-order valence-corrected chi connectivity index (χ4v) is 3.60. The highest BCUT2D eigenvalue weighted by Crippen LogP contribution is 2.49. The van der Waals surface area contributed by atoms with Gasteiger partial charge in [-0.1, -0.05) is 37.2 Å². The molecule has 0 amide bonds. The van der Waals surface area contributed by atoms with E-state index in [4.69, 9.17) is 5.11 Å². The molecule has 4 nitrogen and oxygen atoms in total. The molecule has 0 bridgehead atoms. The highest BCUT2D eigenvalue weighted by molar-refractivity contribution is 7.99. The molecular weight excluding hydrogens is 272 g/mol. The van der Waals surface area contributed by atoms with Crippen molar-refractivity contribution in [3.63, 3.8) is 0 Å². The number of rotatable bonds is 5. The molecule has 1 aliphatic carbocycles. The zero-order valence-corrected chi connectivity index (χ0v) is 12.5. The Morgan fingerprint density at radius 2 is 2.35 bits per heavy atom. The minimum atomic E-state index is -0.798. The van der Waals surface area contributed by atoms with Crippen LogP contribution in [0.4, 0.5) is 0 Å². The van der Waals surface area contributed by atoms with Gasteiger partial charge < -0.3 is 9.67 Å². The van der Waals surface area contributed by atoms with Crippen molar-refractivity contribution in [1.29, 1.82) is 0 Å². The number of carbonyl (C=O) groups is 1. The zero-order chi connectivity index (χ0) is 14.3. The lowest BCUT2D eigenvalue weighted by Gasteiger charge is -2.09. The maximum atomic E-state index is 10.8. The summed E-state index contributed by atoms with van der Waals surface area (Å²) < 4.78 is 2.27. The smallest absolute Gasteiger partial charge is 0.313 e. The average molecular weight is 290 g/mol. The van der Waals surface area contributed by atoms with E-state index in [1.807, 2.05) is 12.1 Å². The number of aliphatic carboxylic acids is 1. The molecule has 1 N–H and O–H groups in total. The largest absolute Gasteiger partial charge is 0.481 e. The van der Waals surface area contributed by atoms with Crippen LogP contribution in [-0.2, 0) is 4.79 Å². The van der Waals surface area contributed by atoms with Crippen molar-refractivity contribution in [2.24, 2.45) is 5.92 Å². The monoisotopic (exact) mass is 290 g/mol. The van der Waals surface area contributed by atoms with Crippen LogP contribution < -0.4 is 0 Å². The molecule has 2 atom stereocenters. The number of hydrogen-bond acceptors (Lipinski definition) is 3. The maximum absolute atomic E-state index is 10.8. The number of thioether (sulfide) groups is 1. The topological polar surface area (TPSA) is 55.1 Å². The Labute approximate surface area is 122 Å². The summed E-state index contributed by atoms with van der Waals surface area (Å²) in [6, 6.07) is 6.59. The molecule has 1 aromatic carbocycles. The molecule has 1 saturated carbocycles. The molecule has 5 heteroatoms. The Kier molecular flexibility index (Phi) is 3.46. The van der Waals surface area contributed by atoms with Gasteiger partial charge in [-0.15, -0.1) is 0 Å². The first kappa shape index (κ1) is 13.5. The number of carboxylic acids is 1. The number of aryl methyl sites for hydroxylation is 1. The van der Waals surface area contributed by atoms with Gasteiger partial charge in [0.1, 0.15) is 0 Å². The number of benzene rings is 1. The minimum absolute atomic E-state index is 0.0614. The molecule has 0 spiro atoms. The second kappa shape index (κ2) is 5.13. The van der Waals surface area contributed by atoms with Crippen molar-refractivity contribution in [3.8, 4) is 0 Å². The number of imidazole rings is 1. The number of carboxylic acid groups (broad SMARTS) is 1. The summed E-state index contributed by atoms with van der Waals surface area (Å²) in [7, 11) is 0. The highest BCUT2D eigenvalue weighted by Gasteiger charge is 2.39. The Hall–Kier alpha value is -1.49. The van der Waals surface area contributed by atoms with E-state index >= 15 is 0 Å². The van der Waals surface area contributed by atoms with Gasteiger partial charge >= 0.3 is 5.97 Å². The fraction of sp³-hybridized carbons (Fsp3) is 0.467. The minimum Gasteiger partial charge on any atom is -0.481 e. The van der Waals surface area contributed by atoms with Crippen molar-refractivity contribution in [2.45, 2.75) is 37.9 Å². The van der Waals surface area contributed by atoms with Crippen LogP contribution in [0.15, 0.2) is 23.4 Å². The highest BCUT2D eigenvalue weighted by atomic mass is 32.2. The lowest BCUT2D eigenvalue weighted by Crippen LogP contribution is -2.03. The van der Waals surface area contributed by atoms with Gasteiger partial charge in [-0.25, -0.2) is 4.98 Å². The molecule has 1 aliphatic rings. The van der Waals surface area contributed by atoms with Crippen LogP contribution in [0.5, 0.6) is 0 Å². The average Bonchev–Trinajstić information content (AvgIpc) is 3.09. The summed E-state index contributed by atoms with van der Waals surface area (Å²) in [6.45, 7) is 4.30. The third-order valence-corrected chi connectivity index (χ3v) is 4.88. The fourth-order valence-electron chi connectivity index (χ4n) is 2.82. The van der Waals surface area contributed by atoms with Crippen molar-refractivity contribution in [2.75, 3.05) is 5.75 Å². The predicted octanol–water partition coefficient (Wildman–Crippen LogP) is 3.49. The quantitative estimate of drug-likeness (QED) is 0.856. The Bertz CT molecular complexity index is 665. The van der Waals surface area contributed by atoms with Gasteiger partial charge in [0.05, 0.1) is 16.8 Å². The molecule has 0 radical (unpaired) electrons. The third kappa shape index (κ3) is 2.30. The van der Waals surface area contributed by atoms with Gasteiger partial charge in [-0.2, -0.15) is 0 Å². The third-order valence-electron chi connectivity index (χ3n) is 3.95. The zero-order valence-electron chi connectivity index (χ0n) is 11.7. The van der Waals surface area contributed by atoms with Crippen LogP contribution in [0, 0.1) is 12.8 Å². The van der Waals surface area contributed by atoms with Crippen LogP contribution in [0.25, 0.3) is 11.0 Å². The van der Waals surface area contributed by atoms with E-state index in [0.717, 1.165) is 10.7 Å². The second-order valence-corrected chi connectivity index (χ2v) is 6.30. The van der Waals surface area contributed by atoms with Crippen LogP contribution in [0.1, 0.15) is 31.4 Å². The van der Waals surface area contributed by atoms with Gasteiger partial charge in [-0.05, 0) is 30.9 Å². The number of para-hydroxylation sites is 1. The Morgan fingerprint density at radius 1 is 1.55 bits per heavy atom. The first-order chi connectivity index (χ1) is 9.61. The summed E-state index contributed by atoms with van der Waals surface area (Å²) in [4.78, 5) is 15.5. The molecule has 0 saturated heterocycles. The van der Waals surface area contributed by atoms with Crippen molar-refractivity contribution in [3.05, 3.63) is 23.8 Å². The van der Waals surface area contributed by atoms with Gasteiger partial charge in [0, 0.05) is 6.04 Å². The van der Waals surface area contributed by atoms with Crippen LogP contribution in [0.2, 0.25) is 0 Å². The number of hydrogen-bond donors (Lipinski definition) is 1. The van der Waals surface area contributed by atoms with Crippen LogP contribution in [-0.4, -0.2) is 26.4 Å². The van der Waals surface area contributed by atoms with E-state index in [1.54, 1.807) is 0 Å². The van der Waals surface area contributed by atoms with Gasteiger partial charge in [0.25, 0.3) is 0 Å². The van der Waals surface area contributed by atoms with Gasteiger partial charge in [0.2, 0.25) is 0 Å². The molecule has 2 unspecified atom stereocenters. The maximum Gasteiger partial charge on any atom is 0.313 e. The molecule has 2 aromatic rings. The van der Waals surface area contributed by atoms with E-state index in [0.29, 0.717) is 12.0 Å².